The number of rotatable bonds is 8. The lowest BCUT2D eigenvalue weighted by Gasteiger charge is -2.19. The van der Waals surface area contributed by atoms with Gasteiger partial charge >= 0.3 is 0 Å². The smallest absolute Gasteiger partial charge is 0.292 e. The van der Waals surface area contributed by atoms with Gasteiger partial charge in [0.05, 0.1) is 16.4 Å². The Balaban J connectivity index is 1.86. The number of anilines is 1. The molecule has 0 spiro atoms. The first-order valence-electron chi connectivity index (χ1n) is 7.66. The number of nitrogens with zero attached hydrogens (tertiary/aromatic N) is 2. The summed E-state index contributed by atoms with van der Waals surface area (Å²) in [5.74, 6) is 0.584. The highest BCUT2D eigenvalue weighted by Crippen LogP contribution is 2.26. The van der Waals surface area contributed by atoms with Gasteiger partial charge in [0.1, 0.15) is 11.4 Å². The van der Waals surface area contributed by atoms with Crippen LogP contribution in [0.4, 0.5) is 11.4 Å². The summed E-state index contributed by atoms with van der Waals surface area (Å²) in [6.45, 7) is 1.01. The quantitative estimate of drug-likeness (QED) is 0.406. The zero-order chi connectivity index (χ0) is 18.4. The van der Waals surface area contributed by atoms with E-state index in [0.29, 0.717) is 31.0 Å². The molecule has 0 N–H and O–H groups in total. The lowest BCUT2D eigenvalue weighted by atomic mass is 10.2. The van der Waals surface area contributed by atoms with Crippen LogP contribution in [0.2, 0.25) is 0 Å². The molecule has 0 bridgehead atoms. The van der Waals surface area contributed by atoms with Gasteiger partial charge < -0.3 is 9.64 Å². The van der Waals surface area contributed by atoms with Crippen LogP contribution in [0.15, 0.2) is 53.4 Å². The highest BCUT2D eigenvalue weighted by molar-refractivity contribution is 7.90. The van der Waals surface area contributed by atoms with Crippen molar-refractivity contribution in [3.63, 3.8) is 0 Å². The summed E-state index contributed by atoms with van der Waals surface area (Å²) in [6.07, 6.45) is 1.82. The summed E-state index contributed by atoms with van der Waals surface area (Å²) in [6, 6.07) is 12.8. The van der Waals surface area contributed by atoms with Crippen LogP contribution < -0.4 is 9.64 Å². The normalized spacial score (nSPS) is 11.1. The van der Waals surface area contributed by atoms with E-state index in [2.05, 4.69) is 0 Å². The Morgan fingerprint density at radius 1 is 1.12 bits per heavy atom. The number of hydrogen-bond donors (Lipinski definition) is 0. The molecule has 0 aromatic heterocycles. The van der Waals surface area contributed by atoms with Crippen LogP contribution in [0.1, 0.15) is 6.42 Å². The Labute approximate surface area is 146 Å². The van der Waals surface area contributed by atoms with Gasteiger partial charge in [0.2, 0.25) is 0 Å². The van der Waals surface area contributed by atoms with Gasteiger partial charge in [0, 0.05) is 25.9 Å². The second-order valence-corrected chi connectivity index (χ2v) is 7.63. The third-order valence-electron chi connectivity index (χ3n) is 3.65. The van der Waals surface area contributed by atoms with Crippen molar-refractivity contribution in [1.82, 2.24) is 0 Å². The molecule has 0 heterocycles. The van der Waals surface area contributed by atoms with E-state index >= 15 is 0 Å². The lowest BCUT2D eigenvalue weighted by molar-refractivity contribution is -0.384. The molecule has 2 aromatic rings. The summed E-state index contributed by atoms with van der Waals surface area (Å²) in [5, 5.41) is 11.1. The van der Waals surface area contributed by atoms with E-state index in [0.717, 1.165) is 6.26 Å². The van der Waals surface area contributed by atoms with Gasteiger partial charge in [-0.1, -0.05) is 12.1 Å². The molecule has 134 valence electrons. The first-order chi connectivity index (χ1) is 11.8. The largest absolute Gasteiger partial charge is 0.494 e. The number of sulfone groups is 1. The van der Waals surface area contributed by atoms with Crippen LogP contribution in [-0.4, -0.2) is 39.8 Å². The number of nitro benzene ring substituents is 1. The second-order valence-electron chi connectivity index (χ2n) is 5.61. The Bertz CT molecular complexity index is 834. The Hall–Kier alpha value is -2.61. The molecule has 0 aliphatic heterocycles. The number of ether oxygens (including phenoxy) is 1. The maximum absolute atomic E-state index is 11.4. The van der Waals surface area contributed by atoms with Crippen molar-refractivity contribution in [3.05, 3.63) is 58.6 Å². The van der Waals surface area contributed by atoms with E-state index in [1.54, 1.807) is 37.4 Å². The molecular weight excluding hydrogens is 344 g/mol. The van der Waals surface area contributed by atoms with Gasteiger partial charge in [0.25, 0.3) is 5.69 Å². The zero-order valence-electron chi connectivity index (χ0n) is 14.1. The highest BCUT2D eigenvalue weighted by atomic mass is 32.2. The molecule has 0 aliphatic rings. The van der Waals surface area contributed by atoms with Crippen molar-refractivity contribution < 1.29 is 18.1 Å². The molecule has 25 heavy (non-hydrogen) atoms. The minimum atomic E-state index is -3.22. The van der Waals surface area contributed by atoms with Crippen molar-refractivity contribution in [2.75, 3.05) is 31.4 Å². The van der Waals surface area contributed by atoms with Crippen LogP contribution in [0.25, 0.3) is 0 Å². The molecule has 0 saturated heterocycles. The SMILES string of the molecule is CN(CCCOc1ccc(S(C)(=O)=O)cc1)c1ccccc1[N+](=O)[O-]. The van der Waals surface area contributed by atoms with Gasteiger partial charge in [-0.3, -0.25) is 10.1 Å². The minimum absolute atomic E-state index is 0.0716. The van der Waals surface area contributed by atoms with Crippen LogP contribution in [0.5, 0.6) is 5.75 Å². The van der Waals surface area contributed by atoms with Crippen molar-refractivity contribution >= 4 is 21.2 Å². The van der Waals surface area contributed by atoms with Gasteiger partial charge in [0.15, 0.2) is 9.84 Å². The standard InChI is InChI=1S/C17H20N2O5S/c1-18(16-6-3-4-7-17(16)19(20)21)12-5-13-24-14-8-10-15(11-9-14)25(2,22)23/h3-4,6-11H,5,12-13H2,1-2H3. The topological polar surface area (TPSA) is 89.8 Å². The monoisotopic (exact) mass is 364 g/mol. The Kier molecular flexibility index (Phi) is 5.97. The molecule has 7 nitrogen and oxygen atoms in total. The molecule has 8 heteroatoms. The Morgan fingerprint density at radius 2 is 1.76 bits per heavy atom. The molecule has 0 saturated carbocycles. The van der Waals surface area contributed by atoms with Crippen molar-refractivity contribution in [2.45, 2.75) is 11.3 Å². The molecule has 2 rings (SSSR count). The molecule has 2 aromatic carbocycles. The molecule has 0 fully saturated rings. The zero-order valence-corrected chi connectivity index (χ0v) is 14.9. The molecular formula is C17H20N2O5S. The van der Waals surface area contributed by atoms with Crippen LogP contribution >= 0.6 is 0 Å². The van der Waals surface area contributed by atoms with Gasteiger partial charge in [-0.05, 0) is 36.8 Å². The molecule has 0 unspecified atom stereocenters. The Morgan fingerprint density at radius 3 is 2.36 bits per heavy atom. The fourth-order valence-corrected chi connectivity index (χ4v) is 2.97. The molecule has 0 aliphatic carbocycles. The minimum Gasteiger partial charge on any atom is -0.494 e. The predicted octanol–water partition coefficient (Wildman–Crippen LogP) is 2.90. The third-order valence-corrected chi connectivity index (χ3v) is 4.78. The average molecular weight is 364 g/mol. The number of nitro groups is 1. The first-order valence-corrected chi connectivity index (χ1v) is 9.55. The number of hydrogen-bond acceptors (Lipinski definition) is 6. The number of para-hydroxylation sites is 2. The van der Waals surface area contributed by atoms with E-state index < -0.39 is 14.8 Å². The summed E-state index contributed by atoms with van der Waals surface area (Å²) in [4.78, 5) is 12.7. The summed E-state index contributed by atoms with van der Waals surface area (Å²) >= 11 is 0. The van der Waals surface area contributed by atoms with Gasteiger partial charge in [-0.2, -0.15) is 0 Å². The van der Waals surface area contributed by atoms with Crippen LogP contribution in [0.3, 0.4) is 0 Å². The van der Waals surface area contributed by atoms with Gasteiger partial charge in [-0.15, -0.1) is 0 Å². The third kappa shape index (κ3) is 5.18. The van der Waals surface area contributed by atoms with E-state index in [1.165, 1.54) is 18.2 Å². The summed E-state index contributed by atoms with van der Waals surface area (Å²) < 4.78 is 28.4. The van der Waals surface area contributed by atoms with Crippen molar-refractivity contribution in [1.29, 1.82) is 0 Å². The number of benzene rings is 2. The van der Waals surface area contributed by atoms with Crippen LogP contribution in [0, 0.1) is 10.1 Å². The van der Waals surface area contributed by atoms with E-state index in [-0.39, 0.29) is 10.6 Å². The predicted molar refractivity (Wildman–Crippen MR) is 96.0 cm³/mol. The van der Waals surface area contributed by atoms with Crippen LogP contribution in [-0.2, 0) is 9.84 Å². The van der Waals surface area contributed by atoms with E-state index in [1.807, 2.05) is 4.90 Å². The first kappa shape index (κ1) is 18.7. The van der Waals surface area contributed by atoms with Crippen molar-refractivity contribution in [2.24, 2.45) is 0 Å². The van der Waals surface area contributed by atoms with E-state index in [9.17, 15) is 18.5 Å². The molecule has 0 radical (unpaired) electrons. The fraction of sp³-hybridized carbons (Fsp3) is 0.294. The maximum Gasteiger partial charge on any atom is 0.292 e. The second kappa shape index (κ2) is 7.98. The van der Waals surface area contributed by atoms with Crippen molar-refractivity contribution in [3.8, 4) is 5.75 Å². The molecule has 0 amide bonds. The van der Waals surface area contributed by atoms with E-state index in [4.69, 9.17) is 4.74 Å². The highest BCUT2D eigenvalue weighted by Gasteiger charge is 2.15. The summed E-state index contributed by atoms with van der Waals surface area (Å²) in [7, 11) is -1.42. The maximum atomic E-state index is 11.4. The lowest BCUT2D eigenvalue weighted by Crippen LogP contribution is -2.21. The fourth-order valence-electron chi connectivity index (χ4n) is 2.34. The molecule has 0 atom stereocenters. The van der Waals surface area contributed by atoms with Gasteiger partial charge in [-0.25, -0.2) is 8.42 Å². The average Bonchev–Trinajstić information content (AvgIpc) is 2.58. The summed E-state index contributed by atoms with van der Waals surface area (Å²) in [5.41, 5.74) is 0.632.